The van der Waals surface area contributed by atoms with Crippen LogP contribution in [0.25, 0.3) is 0 Å². The number of amides is 1. The molecule has 0 bridgehead atoms. The number of unbranched alkanes of at least 4 members (excludes halogenated alkanes) is 1. The summed E-state index contributed by atoms with van der Waals surface area (Å²) in [6, 6.07) is 0. The van der Waals surface area contributed by atoms with E-state index < -0.39 is 5.97 Å². The molecule has 1 aliphatic heterocycles. The van der Waals surface area contributed by atoms with Gasteiger partial charge in [0.05, 0.1) is 0 Å². The lowest BCUT2D eigenvalue weighted by molar-refractivity contribution is -0.137. The second-order valence-corrected chi connectivity index (χ2v) is 5.23. The summed E-state index contributed by atoms with van der Waals surface area (Å²) < 4.78 is 0. The number of aliphatic carboxylic acids is 1. The molecule has 1 fully saturated rings. The van der Waals surface area contributed by atoms with Gasteiger partial charge in [-0.3, -0.25) is 9.59 Å². The first kappa shape index (κ1) is 14.0. The Morgan fingerprint density at radius 3 is 2.47 bits per heavy atom. The van der Waals surface area contributed by atoms with Gasteiger partial charge >= 0.3 is 5.97 Å². The highest BCUT2D eigenvalue weighted by Gasteiger charge is 2.27. The molecule has 1 atom stereocenters. The van der Waals surface area contributed by atoms with E-state index in [0.29, 0.717) is 31.1 Å². The van der Waals surface area contributed by atoms with Crippen molar-refractivity contribution in [3.8, 4) is 0 Å². The molecule has 0 aromatic carbocycles. The van der Waals surface area contributed by atoms with Crippen LogP contribution in [0.3, 0.4) is 0 Å². The Kier molecular flexibility index (Phi) is 5.45. The number of rotatable bonds is 6. The third-order valence-electron chi connectivity index (χ3n) is 3.55. The van der Waals surface area contributed by atoms with Gasteiger partial charge < -0.3 is 10.0 Å². The number of carboxylic acids is 1. The number of carboxylic acid groups (broad SMARTS) is 1. The van der Waals surface area contributed by atoms with Crippen molar-refractivity contribution in [3.63, 3.8) is 0 Å². The second-order valence-electron chi connectivity index (χ2n) is 5.23. The Labute approximate surface area is 103 Å². The maximum absolute atomic E-state index is 11.8. The third-order valence-corrected chi connectivity index (χ3v) is 3.55. The summed E-state index contributed by atoms with van der Waals surface area (Å²) in [6.07, 6.45) is 3.06. The molecule has 1 saturated heterocycles. The van der Waals surface area contributed by atoms with E-state index in [4.69, 9.17) is 5.11 Å². The first-order valence-corrected chi connectivity index (χ1v) is 6.50. The topological polar surface area (TPSA) is 57.6 Å². The molecular formula is C13H23NO3. The molecule has 17 heavy (non-hydrogen) atoms. The quantitative estimate of drug-likeness (QED) is 0.725. The standard InChI is InChI=1S/C13H23NO3/c1-10(2)11-7-8-14(9-11)12(15)5-3-4-6-13(16)17/h10-11H,3-9H2,1-2H3,(H,16,17). The molecule has 1 heterocycles. The molecule has 0 saturated carbocycles. The van der Waals surface area contributed by atoms with Crippen LogP contribution in [0, 0.1) is 11.8 Å². The Morgan fingerprint density at radius 2 is 1.94 bits per heavy atom. The molecule has 98 valence electrons. The maximum atomic E-state index is 11.8. The van der Waals surface area contributed by atoms with Crippen molar-refractivity contribution in [2.45, 2.75) is 46.0 Å². The van der Waals surface area contributed by atoms with Crippen molar-refractivity contribution in [3.05, 3.63) is 0 Å². The number of carbonyl (C=O) groups excluding carboxylic acids is 1. The van der Waals surface area contributed by atoms with Crippen LogP contribution in [0.5, 0.6) is 0 Å². The van der Waals surface area contributed by atoms with Crippen molar-refractivity contribution in [2.24, 2.45) is 11.8 Å². The van der Waals surface area contributed by atoms with Crippen LogP contribution < -0.4 is 0 Å². The van der Waals surface area contributed by atoms with E-state index in [1.54, 1.807) is 0 Å². The normalized spacial score (nSPS) is 19.9. The molecule has 1 unspecified atom stereocenters. The van der Waals surface area contributed by atoms with Crippen LogP contribution in [-0.4, -0.2) is 35.0 Å². The van der Waals surface area contributed by atoms with Crippen LogP contribution in [0.15, 0.2) is 0 Å². The lowest BCUT2D eigenvalue weighted by Gasteiger charge is -2.18. The number of hydrogen-bond donors (Lipinski definition) is 1. The zero-order chi connectivity index (χ0) is 12.8. The highest BCUT2D eigenvalue weighted by atomic mass is 16.4. The molecule has 1 aliphatic rings. The van der Waals surface area contributed by atoms with E-state index in [9.17, 15) is 9.59 Å². The van der Waals surface area contributed by atoms with Crippen molar-refractivity contribution in [2.75, 3.05) is 13.1 Å². The minimum Gasteiger partial charge on any atom is -0.481 e. The summed E-state index contributed by atoms with van der Waals surface area (Å²) in [4.78, 5) is 24.1. The van der Waals surface area contributed by atoms with Gasteiger partial charge in [-0.1, -0.05) is 13.8 Å². The van der Waals surface area contributed by atoms with Gasteiger partial charge in [-0.2, -0.15) is 0 Å². The van der Waals surface area contributed by atoms with Crippen molar-refractivity contribution < 1.29 is 14.7 Å². The van der Waals surface area contributed by atoms with Crippen LogP contribution in [0.1, 0.15) is 46.0 Å². The minimum absolute atomic E-state index is 0.169. The molecule has 4 nitrogen and oxygen atoms in total. The van der Waals surface area contributed by atoms with Crippen molar-refractivity contribution in [1.82, 2.24) is 4.90 Å². The Morgan fingerprint density at radius 1 is 1.29 bits per heavy atom. The zero-order valence-corrected chi connectivity index (χ0v) is 10.8. The maximum Gasteiger partial charge on any atom is 0.303 e. The zero-order valence-electron chi connectivity index (χ0n) is 10.8. The Hall–Kier alpha value is -1.06. The fourth-order valence-corrected chi connectivity index (χ4v) is 2.27. The molecule has 0 spiro atoms. The summed E-state index contributed by atoms with van der Waals surface area (Å²) >= 11 is 0. The van der Waals surface area contributed by atoms with Gasteiger partial charge in [0.1, 0.15) is 0 Å². The average Bonchev–Trinajstić information content (AvgIpc) is 2.73. The lowest BCUT2D eigenvalue weighted by Crippen LogP contribution is -2.29. The fraction of sp³-hybridized carbons (Fsp3) is 0.846. The van der Waals surface area contributed by atoms with Gasteiger partial charge in [0, 0.05) is 25.9 Å². The second kappa shape index (κ2) is 6.62. The number of nitrogens with zero attached hydrogens (tertiary/aromatic N) is 1. The van der Waals surface area contributed by atoms with Gasteiger partial charge in [-0.05, 0) is 31.1 Å². The van der Waals surface area contributed by atoms with E-state index in [-0.39, 0.29) is 12.3 Å². The number of hydrogen-bond acceptors (Lipinski definition) is 2. The molecule has 4 heteroatoms. The smallest absolute Gasteiger partial charge is 0.303 e. The van der Waals surface area contributed by atoms with E-state index in [1.165, 1.54) is 0 Å². The van der Waals surface area contributed by atoms with Crippen LogP contribution in [-0.2, 0) is 9.59 Å². The van der Waals surface area contributed by atoms with Gasteiger partial charge in [-0.25, -0.2) is 0 Å². The minimum atomic E-state index is -0.779. The van der Waals surface area contributed by atoms with Gasteiger partial charge in [-0.15, -0.1) is 0 Å². The SMILES string of the molecule is CC(C)C1CCN(C(=O)CCCCC(=O)O)C1. The monoisotopic (exact) mass is 241 g/mol. The highest BCUT2D eigenvalue weighted by Crippen LogP contribution is 2.24. The van der Waals surface area contributed by atoms with Crippen molar-refractivity contribution >= 4 is 11.9 Å². The average molecular weight is 241 g/mol. The van der Waals surface area contributed by atoms with E-state index in [2.05, 4.69) is 13.8 Å². The van der Waals surface area contributed by atoms with E-state index in [1.807, 2.05) is 4.90 Å². The molecule has 0 aromatic rings. The Bertz CT molecular complexity index is 276. The van der Waals surface area contributed by atoms with Gasteiger partial charge in [0.25, 0.3) is 0 Å². The molecule has 0 radical (unpaired) electrons. The van der Waals surface area contributed by atoms with Crippen LogP contribution in [0.2, 0.25) is 0 Å². The first-order valence-electron chi connectivity index (χ1n) is 6.50. The predicted octanol–water partition coefficient (Wildman–Crippen LogP) is 2.14. The summed E-state index contributed by atoms with van der Waals surface area (Å²) in [7, 11) is 0. The number of carbonyl (C=O) groups is 2. The lowest BCUT2D eigenvalue weighted by atomic mass is 9.95. The van der Waals surface area contributed by atoms with Gasteiger partial charge in [0.15, 0.2) is 0 Å². The molecule has 0 aliphatic carbocycles. The van der Waals surface area contributed by atoms with E-state index >= 15 is 0 Å². The van der Waals surface area contributed by atoms with Crippen molar-refractivity contribution in [1.29, 1.82) is 0 Å². The van der Waals surface area contributed by atoms with Gasteiger partial charge in [0.2, 0.25) is 5.91 Å². The predicted molar refractivity (Wildman–Crippen MR) is 65.6 cm³/mol. The largest absolute Gasteiger partial charge is 0.481 e. The molecule has 1 amide bonds. The summed E-state index contributed by atoms with van der Waals surface area (Å²) in [5.41, 5.74) is 0. The summed E-state index contributed by atoms with van der Waals surface area (Å²) in [5, 5.41) is 8.49. The first-order chi connectivity index (χ1) is 8.00. The molecule has 1 rings (SSSR count). The molecule has 1 N–H and O–H groups in total. The highest BCUT2D eigenvalue weighted by molar-refractivity contribution is 5.76. The molecular weight excluding hydrogens is 218 g/mol. The summed E-state index contributed by atoms with van der Waals surface area (Å²) in [5.74, 6) is 0.690. The Balaban J connectivity index is 2.18. The van der Waals surface area contributed by atoms with Crippen LogP contribution >= 0.6 is 0 Å². The summed E-state index contributed by atoms with van der Waals surface area (Å²) in [6.45, 7) is 6.16. The van der Waals surface area contributed by atoms with E-state index in [0.717, 1.165) is 19.5 Å². The number of likely N-dealkylation sites (tertiary alicyclic amines) is 1. The third kappa shape index (κ3) is 4.75. The van der Waals surface area contributed by atoms with Crippen LogP contribution in [0.4, 0.5) is 0 Å². The molecule has 0 aromatic heterocycles. The fourth-order valence-electron chi connectivity index (χ4n) is 2.27.